The number of hydrogen-bond acceptors (Lipinski definition) is 8. The summed E-state index contributed by atoms with van der Waals surface area (Å²) in [5.74, 6) is -0.261. The van der Waals surface area contributed by atoms with E-state index in [2.05, 4.69) is 25.2 Å². The van der Waals surface area contributed by atoms with Gasteiger partial charge in [-0.3, -0.25) is 14.5 Å². The van der Waals surface area contributed by atoms with Crippen molar-refractivity contribution in [1.29, 1.82) is 0 Å². The van der Waals surface area contributed by atoms with Gasteiger partial charge >= 0.3 is 6.18 Å². The van der Waals surface area contributed by atoms with Gasteiger partial charge in [0, 0.05) is 49.2 Å². The summed E-state index contributed by atoms with van der Waals surface area (Å²) >= 11 is 0. The Morgan fingerprint density at radius 2 is 1.79 bits per heavy atom. The molecular weight excluding hydrogens is 553 g/mol. The molecule has 3 aliphatic rings. The van der Waals surface area contributed by atoms with Gasteiger partial charge in [0.25, 0.3) is 5.91 Å². The molecule has 0 bridgehead atoms. The number of fused-ring (bicyclic) bond motifs is 1. The third-order valence-corrected chi connectivity index (χ3v) is 8.74. The molecule has 0 unspecified atom stereocenters. The molecular formula is C29H31F3N6O4. The number of aromatic nitrogens is 3. The van der Waals surface area contributed by atoms with Crippen LogP contribution in [0.2, 0.25) is 0 Å². The van der Waals surface area contributed by atoms with E-state index in [0.717, 1.165) is 44.4 Å². The van der Waals surface area contributed by atoms with Gasteiger partial charge < -0.3 is 19.7 Å². The minimum Gasteiger partial charge on any atom is -0.445 e. The van der Waals surface area contributed by atoms with Gasteiger partial charge in [0.1, 0.15) is 17.6 Å². The number of halogens is 3. The molecule has 2 atom stereocenters. The van der Waals surface area contributed by atoms with Crippen LogP contribution in [0.25, 0.3) is 11.5 Å². The molecule has 3 aromatic rings. The summed E-state index contributed by atoms with van der Waals surface area (Å²) in [6.45, 7) is 1.11. The minimum atomic E-state index is -4.56. The second-order valence-electron chi connectivity index (χ2n) is 11.2. The number of hydrogen-bond donors (Lipinski definition) is 2. The zero-order chi connectivity index (χ0) is 29.5. The van der Waals surface area contributed by atoms with Crippen LogP contribution < -0.4 is 5.32 Å². The zero-order valence-corrected chi connectivity index (χ0v) is 22.8. The lowest BCUT2D eigenvalue weighted by Gasteiger charge is -2.40. The smallest absolute Gasteiger partial charge is 0.416 e. The monoisotopic (exact) mass is 584 g/mol. The van der Waals surface area contributed by atoms with Crippen LogP contribution in [0.1, 0.15) is 60.3 Å². The van der Waals surface area contributed by atoms with E-state index < -0.39 is 23.2 Å². The van der Waals surface area contributed by atoms with Crippen LogP contribution in [0, 0.1) is 0 Å². The molecule has 10 nitrogen and oxygen atoms in total. The number of rotatable bonds is 6. The standard InChI is InChI=1S/C29H31F3N6O4/c30-29(31,32)19-4-1-3-18(15-19)26(40)35-16-24(39)38-14-8-22-23(38)7-13-37(22)20-5-9-28(41,10-6-20)27-36-21(17-42-27)25-33-11-2-12-34-25/h1-4,11-12,15,17,20,22-23,41H,5-10,13-14,16H2,(H,35,40)/t20?,22-,23-,28?/m1/s1. The maximum Gasteiger partial charge on any atom is 0.416 e. The molecule has 2 amide bonds. The van der Waals surface area contributed by atoms with Gasteiger partial charge in [-0.15, -0.1) is 0 Å². The lowest BCUT2D eigenvalue weighted by atomic mass is 9.81. The molecule has 222 valence electrons. The first-order valence-electron chi connectivity index (χ1n) is 14.1. The maximum absolute atomic E-state index is 13.0. The van der Waals surface area contributed by atoms with Gasteiger partial charge in [-0.05, 0) is 62.8 Å². The number of nitrogens with zero attached hydrogens (tertiary/aromatic N) is 5. The van der Waals surface area contributed by atoms with Crippen molar-refractivity contribution in [2.75, 3.05) is 19.6 Å². The third-order valence-electron chi connectivity index (χ3n) is 8.74. The molecule has 0 radical (unpaired) electrons. The largest absolute Gasteiger partial charge is 0.445 e. The predicted octanol–water partition coefficient (Wildman–Crippen LogP) is 3.39. The van der Waals surface area contributed by atoms with Gasteiger partial charge in [-0.2, -0.15) is 13.2 Å². The van der Waals surface area contributed by atoms with Crippen molar-refractivity contribution in [1.82, 2.24) is 30.1 Å². The van der Waals surface area contributed by atoms with Gasteiger partial charge in [-0.1, -0.05) is 6.07 Å². The van der Waals surface area contributed by atoms with Gasteiger partial charge in [0.2, 0.25) is 11.8 Å². The predicted molar refractivity (Wildman–Crippen MR) is 143 cm³/mol. The number of carbonyl (C=O) groups excluding carboxylic acids is 2. The zero-order valence-electron chi connectivity index (χ0n) is 22.8. The number of amides is 2. The molecule has 2 saturated heterocycles. The lowest BCUT2D eigenvalue weighted by Crippen LogP contribution is -2.47. The third kappa shape index (κ3) is 5.50. The van der Waals surface area contributed by atoms with Crippen molar-refractivity contribution < 1.29 is 32.3 Å². The highest BCUT2D eigenvalue weighted by molar-refractivity contribution is 5.96. The molecule has 0 spiro atoms. The Morgan fingerprint density at radius 3 is 2.52 bits per heavy atom. The van der Waals surface area contributed by atoms with E-state index in [1.54, 1.807) is 23.4 Å². The van der Waals surface area contributed by atoms with E-state index in [9.17, 15) is 27.9 Å². The fourth-order valence-corrected chi connectivity index (χ4v) is 6.63. The summed E-state index contributed by atoms with van der Waals surface area (Å²) in [7, 11) is 0. The molecule has 1 aromatic carbocycles. The van der Waals surface area contributed by atoms with E-state index in [-0.39, 0.29) is 42.0 Å². The van der Waals surface area contributed by atoms with Crippen LogP contribution in [0.15, 0.2) is 53.4 Å². The van der Waals surface area contributed by atoms with Gasteiger partial charge in [0.05, 0.1) is 12.1 Å². The Labute approximate surface area is 240 Å². The first kappa shape index (κ1) is 28.3. The van der Waals surface area contributed by atoms with E-state index in [0.29, 0.717) is 30.9 Å². The Morgan fingerprint density at radius 1 is 1.05 bits per heavy atom. The highest BCUT2D eigenvalue weighted by Crippen LogP contribution is 2.42. The Bertz CT molecular complexity index is 1440. The van der Waals surface area contributed by atoms with Gasteiger partial charge in [0.15, 0.2) is 5.82 Å². The molecule has 2 aromatic heterocycles. The minimum absolute atomic E-state index is 0.0175. The van der Waals surface area contributed by atoms with Crippen molar-refractivity contribution in [2.45, 2.75) is 68.4 Å². The Balaban J connectivity index is 1.02. The van der Waals surface area contributed by atoms with Crippen LogP contribution in [0.5, 0.6) is 0 Å². The van der Waals surface area contributed by atoms with Gasteiger partial charge in [-0.25, -0.2) is 15.0 Å². The lowest BCUT2D eigenvalue weighted by molar-refractivity contribution is -0.137. The van der Waals surface area contributed by atoms with Crippen LogP contribution in [-0.2, 0) is 16.6 Å². The van der Waals surface area contributed by atoms with Crippen LogP contribution >= 0.6 is 0 Å². The summed E-state index contributed by atoms with van der Waals surface area (Å²) in [6.07, 6.45) is 4.24. The molecule has 1 saturated carbocycles. The van der Waals surface area contributed by atoms with E-state index in [1.165, 1.54) is 18.4 Å². The van der Waals surface area contributed by atoms with Crippen molar-refractivity contribution in [2.24, 2.45) is 0 Å². The summed E-state index contributed by atoms with van der Waals surface area (Å²) in [5.41, 5.74) is -1.75. The average Bonchev–Trinajstić information content (AvgIpc) is 3.74. The number of carbonyl (C=O) groups is 2. The highest BCUT2D eigenvalue weighted by Gasteiger charge is 2.48. The Hall–Kier alpha value is -3.84. The normalized spacial score (nSPS) is 26.3. The molecule has 3 fully saturated rings. The summed E-state index contributed by atoms with van der Waals surface area (Å²) in [5, 5.41) is 13.8. The maximum atomic E-state index is 13.0. The quantitative estimate of drug-likeness (QED) is 0.452. The van der Waals surface area contributed by atoms with Crippen LogP contribution in [-0.4, -0.2) is 79.4 Å². The molecule has 2 N–H and O–H groups in total. The number of aliphatic hydroxyl groups is 1. The molecule has 6 rings (SSSR count). The first-order valence-corrected chi connectivity index (χ1v) is 14.1. The molecule has 1 aliphatic carbocycles. The number of nitrogens with one attached hydrogen (secondary N) is 1. The topological polar surface area (TPSA) is 125 Å². The highest BCUT2D eigenvalue weighted by atomic mass is 19.4. The fraction of sp³-hybridized carbons (Fsp3) is 0.483. The van der Waals surface area contributed by atoms with E-state index >= 15 is 0 Å². The molecule has 2 aliphatic heterocycles. The van der Waals surface area contributed by atoms with E-state index in [4.69, 9.17) is 4.42 Å². The van der Waals surface area contributed by atoms with Crippen molar-refractivity contribution in [3.05, 3.63) is 66.0 Å². The summed E-state index contributed by atoms with van der Waals surface area (Å²) in [6, 6.07) is 6.32. The fourth-order valence-electron chi connectivity index (χ4n) is 6.63. The summed E-state index contributed by atoms with van der Waals surface area (Å²) < 4.78 is 44.6. The second kappa shape index (κ2) is 11.1. The first-order chi connectivity index (χ1) is 20.1. The van der Waals surface area contributed by atoms with Crippen molar-refractivity contribution >= 4 is 11.8 Å². The number of benzene rings is 1. The SMILES string of the molecule is O=C(NCC(=O)N1CC[C@@H]2[C@H]1CCN2C1CCC(O)(c2nc(-c3ncccn3)co2)CC1)c1cccc(C(F)(F)F)c1. The van der Waals surface area contributed by atoms with Crippen molar-refractivity contribution in [3.63, 3.8) is 0 Å². The number of likely N-dealkylation sites (tertiary alicyclic amines) is 2. The molecule has 4 heterocycles. The summed E-state index contributed by atoms with van der Waals surface area (Å²) in [4.78, 5) is 42.6. The van der Waals surface area contributed by atoms with E-state index in [1.807, 2.05) is 0 Å². The van der Waals surface area contributed by atoms with Crippen molar-refractivity contribution in [3.8, 4) is 11.5 Å². The second-order valence-corrected chi connectivity index (χ2v) is 11.2. The average molecular weight is 585 g/mol. The number of oxazole rings is 1. The molecule has 42 heavy (non-hydrogen) atoms. The molecule has 13 heteroatoms. The Kier molecular flexibility index (Phi) is 7.48. The van der Waals surface area contributed by atoms with Crippen LogP contribution in [0.4, 0.5) is 13.2 Å². The van der Waals surface area contributed by atoms with Crippen LogP contribution in [0.3, 0.4) is 0 Å². The number of alkyl halides is 3.